The van der Waals surface area contributed by atoms with Gasteiger partial charge in [0.1, 0.15) is 5.82 Å². The highest BCUT2D eigenvalue weighted by molar-refractivity contribution is 5.27. The van der Waals surface area contributed by atoms with Gasteiger partial charge in [-0.05, 0) is 30.7 Å². The predicted molar refractivity (Wildman–Crippen MR) is 59.6 cm³/mol. The minimum absolute atomic E-state index is 0.271. The third-order valence-electron chi connectivity index (χ3n) is 2.37. The first-order chi connectivity index (χ1) is 8.45. The van der Waals surface area contributed by atoms with E-state index in [0.29, 0.717) is 18.7 Å². The summed E-state index contributed by atoms with van der Waals surface area (Å²) in [6.07, 6.45) is -3.89. The topological polar surface area (TPSA) is 21.3 Å². The third-order valence-corrected chi connectivity index (χ3v) is 2.37. The van der Waals surface area contributed by atoms with Gasteiger partial charge in [0.05, 0.1) is 5.56 Å². The van der Waals surface area contributed by atoms with Gasteiger partial charge in [0.2, 0.25) is 0 Å². The zero-order valence-corrected chi connectivity index (χ0v) is 9.98. The highest BCUT2D eigenvalue weighted by Crippen LogP contribution is 2.31. The number of hydrogen-bond acceptors (Lipinski definition) is 2. The molecule has 0 bridgehead atoms. The zero-order valence-electron chi connectivity index (χ0n) is 9.98. The smallest absolute Gasteiger partial charge is 0.385 e. The van der Waals surface area contributed by atoms with Crippen molar-refractivity contribution in [1.82, 2.24) is 5.32 Å². The molecule has 1 N–H and O–H groups in total. The Bertz CT molecular complexity index is 379. The quantitative estimate of drug-likeness (QED) is 0.630. The van der Waals surface area contributed by atoms with Gasteiger partial charge in [0.25, 0.3) is 0 Å². The molecule has 1 aromatic carbocycles. The van der Waals surface area contributed by atoms with Crippen LogP contribution in [0.15, 0.2) is 18.2 Å². The number of ether oxygens (including phenoxy) is 1. The summed E-state index contributed by atoms with van der Waals surface area (Å²) in [5.74, 6) is -1.24. The van der Waals surface area contributed by atoms with Crippen LogP contribution in [0.2, 0.25) is 0 Å². The van der Waals surface area contributed by atoms with Crippen LogP contribution in [-0.4, -0.2) is 20.3 Å². The van der Waals surface area contributed by atoms with Crippen molar-refractivity contribution in [3.05, 3.63) is 35.1 Å². The zero-order chi connectivity index (χ0) is 13.6. The molecule has 0 aromatic heterocycles. The molecule has 0 aliphatic carbocycles. The van der Waals surface area contributed by atoms with Crippen molar-refractivity contribution in [2.24, 2.45) is 0 Å². The number of alkyl halides is 3. The number of hydrogen-bond donors (Lipinski definition) is 1. The van der Waals surface area contributed by atoms with Gasteiger partial charge >= 0.3 is 6.18 Å². The van der Waals surface area contributed by atoms with Gasteiger partial charge in [0.15, 0.2) is 0 Å². The second kappa shape index (κ2) is 6.70. The molecular formula is C12H15F4NO. The first kappa shape index (κ1) is 14.9. The highest BCUT2D eigenvalue weighted by Gasteiger charge is 2.34. The molecule has 0 fully saturated rings. The van der Waals surface area contributed by atoms with Gasteiger partial charge in [-0.1, -0.05) is 6.07 Å². The molecule has 102 valence electrons. The number of benzene rings is 1. The van der Waals surface area contributed by atoms with Gasteiger partial charge < -0.3 is 10.1 Å². The number of methoxy groups -OCH3 is 1. The first-order valence-corrected chi connectivity index (χ1v) is 5.50. The largest absolute Gasteiger partial charge is 0.419 e. The van der Waals surface area contributed by atoms with Gasteiger partial charge in [-0.25, -0.2) is 4.39 Å². The van der Waals surface area contributed by atoms with Crippen molar-refractivity contribution >= 4 is 0 Å². The fourth-order valence-electron chi connectivity index (χ4n) is 1.47. The summed E-state index contributed by atoms with van der Waals surface area (Å²) >= 11 is 0. The Labute approximate surface area is 103 Å². The summed E-state index contributed by atoms with van der Waals surface area (Å²) in [7, 11) is 1.58. The molecule has 0 unspecified atom stereocenters. The fraction of sp³-hybridized carbons (Fsp3) is 0.500. The van der Waals surface area contributed by atoms with E-state index in [1.54, 1.807) is 7.11 Å². The van der Waals surface area contributed by atoms with Gasteiger partial charge in [0, 0.05) is 20.3 Å². The molecular weight excluding hydrogens is 250 g/mol. The maximum absolute atomic E-state index is 13.0. The molecule has 0 saturated heterocycles. The number of rotatable bonds is 6. The molecule has 18 heavy (non-hydrogen) atoms. The molecule has 0 aliphatic rings. The molecule has 0 atom stereocenters. The van der Waals surface area contributed by atoms with Crippen LogP contribution in [0.1, 0.15) is 17.5 Å². The highest BCUT2D eigenvalue weighted by atomic mass is 19.4. The lowest BCUT2D eigenvalue weighted by Crippen LogP contribution is -2.17. The van der Waals surface area contributed by atoms with Crippen LogP contribution in [0.25, 0.3) is 0 Å². The van der Waals surface area contributed by atoms with E-state index in [1.165, 1.54) is 6.07 Å². The van der Waals surface area contributed by atoms with E-state index in [-0.39, 0.29) is 6.54 Å². The lowest BCUT2D eigenvalue weighted by Gasteiger charge is -2.10. The Balaban J connectivity index is 2.57. The summed E-state index contributed by atoms with van der Waals surface area (Å²) in [4.78, 5) is 0. The summed E-state index contributed by atoms with van der Waals surface area (Å²) in [6.45, 7) is 1.49. The Morgan fingerprint density at radius 2 is 2.00 bits per heavy atom. The van der Waals surface area contributed by atoms with Crippen molar-refractivity contribution in [1.29, 1.82) is 0 Å². The standard InChI is InChI=1S/C12H15F4NO/c1-18-6-2-5-17-8-9-3-4-11(13)10(7-9)12(14,15)16/h3-4,7,17H,2,5-6,8H2,1H3. The Morgan fingerprint density at radius 3 is 2.61 bits per heavy atom. The van der Waals surface area contributed by atoms with E-state index in [9.17, 15) is 17.6 Å². The van der Waals surface area contributed by atoms with Gasteiger partial charge in [-0.15, -0.1) is 0 Å². The second-order valence-corrected chi connectivity index (χ2v) is 3.84. The predicted octanol–water partition coefficient (Wildman–Crippen LogP) is 2.97. The molecule has 0 amide bonds. The van der Waals surface area contributed by atoms with Gasteiger partial charge in [-0.2, -0.15) is 13.2 Å². The summed E-state index contributed by atoms with van der Waals surface area (Å²) in [5.41, 5.74) is -0.820. The average Bonchev–Trinajstić information content (AvgIpc) is 2.29. The van der Waals surface area contributed by atoms with E-state index < -0.39 is 17.6 Å². The lowest BCUT2D eigenvalue weighted by molar-refractivity contribution is -0.140. The van der Waals surface area contributed by atoms with E-state index in [2.05, 4.69) is 5.32 Å². The van der Waals surface area contributed by atoms with E-state index >= 15 is 0 Å². The van der Waals surface area contributed by atoms with Crippen molar-refractivity contribution < 1.29 is 22.3 Å². The maximum Gasteiger partial charge on any atom is 0.419 e. The van der Waals surface area contributed by atoms with Crippen LogP contribution < -0.4 is 5.32 Å². The molecule has 0 heterocycles. The fourth-order valence-corrected chi connectivity index (χ4v) is 1.47. The second-order valence-electron chi connectivity index (χ2n) is 3.84. The molecule has 0 aliphatic heterocycles. The average molecular weight is 265 g/mol. The van der Waals surface area contributed by atoms with Crippen LogP contribution in [-0.2, 0) is 17.5 Å². The molecule has 1 aromatic rings. The van der Waals surface area contributed by atoms with Crippen LogP contribution in [0.5, 0.6) is 0 Å². The summed E-state index contributed by atoms with van der Waals surface area (Å²) < 4.78 is 55.2. The minimum atomic E-state index is -4.66. The van der Waals surface area contributed by atoms with Crippen LogP contribution in [0.3, 0.4) is 0 Å². The molecule has 2 nitrogen and oxygen atoms in total. The summed E-state index contributed by atoms with van der Waals surface area (Å²) in [5, 5.41) is 2.96. The third kappa shape index (κ3) is 4.62. The van der Waals surface area contributed by atoms with Crippen LogP contribution in [0, 0.1) is 5.82 Å². The first-order valence-electron chi connectivity index (χ1n) is 5.50. The van der Waals surface area contributed by atoms with Crippen LogP contribution in [0.4, 0.5) is 17.6 Å². The van der Waals surface area contributed by atoms with Crippen molar-refractivity contribution in [2.75, 3.05) is 20.3 Å². The van der Waals surface area contributed by atoms with Crippen LogP contribution >= 0.6 is 0 Å². The van der Waals surface area contributed by atoms with E-state index in [1.807, 2.05) is 0 Å². The van der Waals surface area contributed by atoms with E-state index in [0.717, 1.165) is 18.6 Å². The molecule has 1 rings (SSSR count). The SMILES string of the molecule is COCCCNCc1ccc(F)c(C(F)(F)F)c1. The molecule has 6 heteroatoms. The Morgan fingerprint density at radius 1 is 1.28 bits per heavy atom. The normalized spacial score (nSPS) is 11.8. The van der Waals surface area contributed by atoms with Crippen molar-refractivity contribution in [2.45, 2.75) is 19.1 Å². The monoisotopic (exact) mass is 265 g/mol. The van der Waals surface area contributed by atoms with Gasteiger partial charge in [-0.3, -0.25) is 0 Å². The van der Waals surface area contributed by atoms with Crippen molar-refractivity contribution in [3.8, 4) is 0 Å². The molecule has 0 spiro atoms. The minimum Gasteiger partial charge on any atom is -0.385 e. The van der Waals surface area contributed by atoms with E-state index in [4.69, 9.17) is 4.74 Å². The molecule has 0 radical (unpaired) electrons. The molecule has 0 saturated carbocycles. The Hall–Kier alpha value is -1.14. The maximum atomic E-state index is 13.0. The number of nitrogens with one attached hydrogen (secondary N) is 1. The summed E-state index contributed by atoms with van der Waals surface area (Å²) in [6, 6.07) is 3.02. The Kier molecular flexibility index (Phi) is 5.55. The lowest BCUT2D eigenvalue weighted by atomic mass is 10.1. The number of halogens is 4. The van der Waals surface area contributed by atoms with Crippen molar-refractivity contribution in [3.63, 3.8) is 0 Å².